The van der Waals surface area contributed by atoms with Gasteiger partial charge < -0.3 is 4.74 Å². The molecule has 0 N–H and O–H groups in total. The summed E-state index contributed by atoms with van der Waals surface area (Å²) in [5, 5.41) is 0. The van der Waals surface area contributed by atoms with Gasteiger partial charge in [0.1, 0.15) is 5.75 Å². The summed E-state index contributed by atoms with van der Waals surface area (Å²) in [7, 11) is 0. The molecule has 0 saturated heterocycles. The number of hydrogen-bond acceptors (Lipinski definition) is 1. The van der Waals surface area contributed by atoms with Gasteiger partial charge in [-0.05, 0) is 78.1 Å². The van der Waals surface area contributed by atoms with Crippen LogP contribution < -0.4 is 4.74 Å². The Hall–Kier alpha value is 0.640. The van der Waals surface area contributed by atoms with Crippen molar-refractivity contribution in [1.82, 2.24) is 0 Å². The average molecular weight is 565 g/mol. The lowest BCUT2D eigenvalue weighted by molar-refractivity contribution is 0.475. The zero-order valence-electron chi connectivity index (χ0n) is 8.68. The largest absolute Gasteiger partial charge is 0.455 e. The molecule has 0 radical (unpaired) electrons. The molecular formula is C12H5Br5O. The number of halogens is 5. The molecule has 94 valence electrons. The fraction of sp³-hybridized carbons (Fsp3) is 0. The second kappa shape index (κ2) is 6.39. The lowest BCUT2D eigenvalue weighted by atomic mass is 10.3. The zero-order chi connectivity index (χ0) is 13.3. The molecule has 2 rings (SSSR count). The van der Waals surface area contributed by atoms with Gasteiger partial charge in [0.05, 0.1) is 8.95 Å². The average Bonchev–Trinajstić information content (AvgIpc) is 2.28. The van der Waals surface area contributed by atoms with Gasteiger partial charge in [-0.25, -0.2) is 0 Å². The van der Waals surface area contributed by atoms with E-state index in [-0.39, 0.29) is 0 Å². The molecule has 0 bridgehead atoms. The Morgan fingerprint density at radius 1 is 0.722 bits per heavy atom. The van der Waals surface area contributed by atoms with Crippen molar-refractivity contribution in [3.8, 4) is 11.5 Å². The highest BCUT2D eigenvalue weighted by Gasteiger charge is 2.11. The first-order valence-electron chi connectivity index (χ1n) is 4.75. The Morgan fingerprint density at radius 2 is 1.28 bits per heavy atom. The van der Waals surface area contributed by atoms with Crippen LogP contribution in [0.3, 0.4) is 0 Å². The molecule has 0 aliphatic rings. The summed E-state index contributed by atoms with van der Waals surface area (Å²) >= 11 is 17.3. The van der Waals surface area contributed by atoms with E-state index < -0.39 is 0 Å². The summed E-state index contributed by atoms with van der Waals surface area (Å²) in [6, 6.07) is 9.64. The highest BCUT2D eigenvalue weighted by atomic mass is 79.9. The molecule has 0 aliphatic heterocycles. The van der Waals surface area contributed by atoms with E-state index in [1.807, 2.05) is 30.3 Å². The van der Waals surface area contributed by atoms with Crippen LogP contribution in [0.2, 0.25) is 0 Å². The smallest absolute Gasteiger partial charge is 0.156 e. The van der Waals surface area contributed by atoms with E-state index in [9.17, 15) is 0 Å². The van der Waals surface area contributed by atoms with Crippen molar-refractivity contribution in [2.75, 3.05) is 0 Å². The van der Waals surface area contributed by atoms with Gasteiger partial charge in [0, 0.05) is 13.4 Å². The van der Waals surface area contributed by atoms with Crippen molar-refractivity contribution in [1.29, 1.82) is 0 Å². The highest BCUT2D eigenvalue weighted by molar-refractivity contribution is 9.13. The van der Waals surface area contributed by atoms with Crippen LogP contribution in [0.25, 0.3) is 0 Å². The van der Waals surface area contributed by atoms with Crippen molar-refractivity contribution in [3.05, 3.63) is 52.7 Å². The van der Waals surface area contributed by atoms with Crippen molar-refractivity contribution in [2.24, 2.45) is 0 Å². The van der Waals surface area contributed by atoms with Crippen LogP contribution >= 0.6 is 79.6 Å². The molecule has 0 atom stereocenters. The first-order chi connectivity index (χ1) is 8.47. The minimum atomic E-state index is 0.731. The third-order valence-corrected chi connectivity index (χ3v) is 5.58. The molecule has 0 unspecified atom stereocenters. The monoisotopic (exact) mass is 560 g/mol. The molecule has 0 spiro atoms. The van der Waals surface area contributed by atoms with E-state index in [0.717, 1.165) is 33.9 Å². The molecule has 0 aromatic heterocycles. The van der Waals surface area contributed by atoms with Crippen LogP contribution in [0.5, 0.6) is 11.5 Å². The Bertz CT molecular complexity index is 577. The Morgan fingerprint density at radius 3 is 1.89 bits per heavy atom. The summed E-state index contributed by atoms with van der Waals surface area (Å²) in [6.07, 6.45) is 0. The van der Waals surface area contributed by atoms with Crippen LogP contribution in [0.15, 0.2) is 52.7 Å². The maximum Gasteiger partial charge on any atom is 0.156 e. The van der Waals surface area contributed by atoms with Crippen LogP contribution in [-0.2, 0) is 0 Å². The fourth-order valence-corrected chi connectivity index (χ4v) is 3.98. The second-order valence-electron chi connectivity index (χ2n) is 3.38. The molecule has 0 aliphatic carbocycles. The summed E-state index contributed by atoms with van der Waals surface area (Å²) in [6.45, 7) is 0. The van der Waals surface area contributed by atoms with E-state index in [4.69, 9.17) is 4.74 Å². The molecule has 2 aromatic rings. The second-order valence-corrected chi connectivity index (χ2v) is 7.71. The predicted octanol–water partition coefficient (Wildman–Crippen LogP) is 7.29. The van der Waals surface area contributed by atoms with Gasteiger partial charge in [-0.3, -0.25) is 0 Å². The number of rotatable bonds is 2. The zero-order valence-corrected chi connectivity index (χ0v) is 16.6. The third kappa shape index (κ3) is 3.60. The van der Waals surface area contributed by atoms with Crippen molar-refractivity contribution in [3.63, 3.8) is 0 Å². The molecule has 0 amide bonds. The molecule has 0 fully saturated rings. The quantitative estimate of drug-likeness (QED) is 0.348. The fourth-order valence-electron chi connectivity index (χ4n) is 1.31. The summed E-state index contributed by atoms with van der Waals surface area (Å²) < 4.78 is 10.5. The van der Waals surface area contributed by atoms with Crippen LogP contribution in [0.1, 0.15) is 0 Å². The Labute approximate surface area is 147 Å². The molecule has 18 heavy (non-hydrogen) atoms. The van der Waals surface area contributed by atoms with Gasteiger partial charge in [0.25, 0.3) is 0 Å². The van der Waals surface area contributed by atoms with Gasteiger partial charge in [0.2, 0.25) is 0 Å². The van der Waals surface area contributed by atoms with Crippen LogP contribution in [0.4, 0.5) is 0 Å². The van der Waals surface area contributed by atoms with Gasteiger partial charge in [-0.1, -0.05) is 31.9 Å². The minimum Gasteiger partial charge on any atom is -0.455 e. The van der Waals surface area contributed by atoms with E-state index in [2.05, 4.69) is 79.6 Å². The lowest BCUT2D eigenvalue weighted by Gasteiger charge is -2.11. The number of ether oxygens (including phenoxy) is 1. The van der Waals surface area contributed by atoms with Crippen molar-refractivity contribution in [2.45, 2.75) is 0 Å². The van der Waals surface area contributed by atoms with E-state index in [1.165, 1.54) is 0 Å². The molecule has 6 heteroatoms. The first-order valence-corrected chi connectivity index (χ1v) is 8.71. The predicted molar refractivity (Wildman–Crippen MR) is 91.5 cm³/mol. The molecule has 1 nitrogen and oxygen atoms in total. The topological polar surface area (TPSA) is 9.23 Å². The van der Waals surface area contributed by atoms with E-state index in [0.29, 0.717) is 0 Å². The normalized spacial score (nSPS) is 10.5. The minimum absolute atomic E-state index is 0.731. The molecule has 0 heterocycles. The van der Waals surface area contributed by atoms with E-state index >= 15 is 0 Å². The molecule has 2 aromatic carbocycles. The highest BCUT2D eigenvalue weighted by Crippen LogP contribution is 2.41. The standard InChI is InChI=1S/C12H5Br5O/c13-6-3-7(14)5-8(4-6)18-12-10(16)2-1-9(15)11(12)17/h1-5H. The summed E-state index contributed by atoms with van der Waals surface area (Å²) in [5.41, 5.74) is 0. The molecular weight excluding hydrogens is 560 g/mol. The summed E-state index contributed by atoms with van der Waals surface area (Å²) in [4.78, 5) is 0. The first kappa shape index (κ1) is 15.0. The Kier molecular flexibility index (Phi) is 5.34. The van der Waals surface area contributed by atoms with Crippen LogP contribution in [-0.4, -0.2) is 0 Å². The summed E-state index contributed by atoms with van der Waals surface area (Å²) in [5.74, 6) is 1.48. The van der Waals surface area contributed by atoms with Gasteiger partial charge in [-0.2, -0.15) is 0 Å². The van der Waals surface area contributed by atoms with E-state index in [1.54, 1.807) is 0 Å². The molecule has 0 saturated carbocycles. The maximum atomic E-state index is 5.90. The van der Waals surface area contributed by atoms with Gasteiger partial charge in [-0.15, -0.1) is 0 Å². The van der Waals surface area contributed by atoms with Crippen LogP contribution in [0, 0.1) is 0 Å². The SMILES string of the molecule is Brc1cc(Br)cc(Oc2c(Br)ccc(Br)c2Br)c1. The maximum absolute atomic E-state index is 5.90. The number of benzene rings is 2. The van der Waals surface area contributed by atoms with Crippen molar-refractivity contribution >= 4 is 79.6 Å². The van der Waals surface area contributed by atoms with Gasteiger partial charge in [0.15, 0.2) is 5.75 Å². The Balaban J connectivity index is 2.42. The number of hydrogen-bond donors (Lipinski definition) is 0. The lowest BCUT2D eigenvalue weighted by Crippen LogP contribution is -1.88. The third-order valence-electron chi connectivity index (χ3n) is 2.06. The van der Waals surface area contributed by atoms with Crippen molar-refractivity contribution < 1.29 is 4.74 Å². The van der Waals surface area contributed by atoms with Gasteiger partial charge >= 0.3 is 0 Å².